The molecule has 0 saturated heterocycles. The van der Waals surface area contributed by atoms with Crippen LogP contribution in [0.2, 0.25) is 0 Å². The highest BCUT2D eigenvalue weighted by atomic mass is 16.3. The Labute approximate surface area is 64.5 Å². The lowest BCUT2D eigenvalue weighted by molar-refractivity contribution is 0.197. The van der Waals surface area contributed by atoms with Crippen LogP contribution in [0.3, 0.4) is 0 Å². The van der Waals surface area contributed by atoms with Gasteiger partial charge < -0.3 is 10.2 Å². The molecule has 1 aromatic rings. The molecule has 0 aliphatic rings. The molecule has 1 radical (unpaired) electrons. The number of hydrogen-bond donors (Lipinski definition) is 2. The van der Waals surface area contributed by atoms with Crippen LogP contribution in [0, 0.1) is 0 Å². The van der Waals surface area contributed by atoms with Crippen molar-refractivity contribution < 1.29 is 15.3 Å². The van der Waals surface area contributed by atoms with Crippen LogP contribution in [0.25, 0.3) is 0 Å². The third kappa shape index (κ3) is 1.85. The van der Waals surface area contributed by atoms with Gasteiger partial charge in [-0.1, -0.05) is 6.07 Å². The molecule has 0 saturated carbocycles. The molecule has 0 atom stereocenters. The van der Waals surface area contributed by atoms with Crippen molar-refractivity contribution in [1.82, 2.24) is 0 Å². The second-order valence-corrected chi connectivity index (χ2v) is 2.28. The van der Waals surface area contributed by atoms with E-state index in [4.69, 9.17) is 10.2 Å². The first-order valence-electron chi connectivity index (χ1n) is 3.33. The molecule has 3 nitrogen and oxygen atoms in total. The molecular formula is C8H9O3. The largest absolute Gasteiger partial charge is 0.504 e. The van der Waals surface area contributed by atoms with Gasteiger partial charge in [0, 0.05) is 0 Å². The first-order chi connectivity index (χ1) is 5.24. The fourth-order valence-corrected chi connectivity index (χ4v) is 0.842. The lowest BCUT2D eigenvalue weighted by Crippen LogP contribution is -1.87. The normalized spacial score (nSPS) is 9.91. The predicted octanol–water partition coefficient (Wildman–Crippen LogP) is 1.07. The summed E-state index contributed by atoms with van der Waals surface area (Å²) in [7, 11) is 0. The van der Waals surface area contributed by atoms with Crippen molar-refractivity contribution in [2.75, 3.05) is 6.61 Å². The van der Waals surface area contributed by atoms with E-state index in [0.717, 1.165) is 5.56 Å². The Morgan fingerprint density at radius 3 is 2.45 bits per heavy atom. The second-order valence-electron chi connectivity index (χ2n) is 2.28. The second kappa shape index (κ2) is 3.25. The van der Waals surface area contributed by atoms with Gasteiger partial charge in [-0.3, -0.25) is 0 Å². The maximum atomic E-state index is 10.2. The number of aromatic hydroxyl groups is 2. The summed E-state index contributed by atoms with van der Waals surface area (Å²) in [5, 5.41) is 28.0. The molecule has 0 bridgehead atoms. The number of rotatable bonds is 2. The highest BCUT2D eigenvalue weighted by Crippen LogP contribution is 2.24. The van der Waals surface area contributed by atoms with Gasteiger partial charge in [0.25, 0.3) is 0 Å². The summed E-state index contributed by atoms with van der Waals surface area (Å²) in [4.78, 5) is 0. The van der Waals surface area contributed by atoms with E-state index in [2.05, 4.69) is 0 Å². The molecule has 1 aromatic carbocycles. The summed E-state index contributed by atoms with van der Waals surface area (Å²) in [6.07, 6.45) is 0.383. The van der Waals surface area contributed by atoms with Gasteiger partial charge in [-0.2, -0.15) is 0 Å². The van der Waals surface area contributed by atoms with Crippen LogP contribution in [0.4, 0.5) is 0 Å². The quantitative estimate of drug-likeness (QED) is 0.624. The van der Waals surface area contributed by atoms with E-state index in [1.165, 1.54) is 12.1 Å². The predicted molar refractivity (Wildman–Crippen MR) is 39.0 cm³/mol. The highest BCUT2D eigenvalue weighted by molar-refractivity contribution is 5.40. The fraction of sp³-hybridized carbons (Fsp3) is 0.250. The van der Waals surface area contributed by atoms with Crippen molar-refractivity contribution in [2.45, 2.75) is 6.42 Å². The third-order valence-corrected chi connectivity index (χ3v) is 1.43. The Bertz CT molecular complexity index is 245. The van der Waals surface area contributed by atoms with Gasteiger partial charge in [0.15, 0.2) is 11.5 Å². The van der Waals surface area contributed by atoms with E-state index < -0.39 is 0 Å². The molecule has 0 aliphatic carbocycles. The van der Waals surface area contributed by atoms with Crippen LogP contribution >= 0.6 is 0 Å². The lowest BCUT2D eigenvalue weighted by atomic mass is 10.1. The third-order valence-electron chi connectivity index (χ3n) is 1.43. The molecule has 0 heterocycles. The maximum absolute atomic E-state index is 10.2. The molecule has 0 unspecified atom stereocenters. The smallest absolute Gasteiger partial charge is 0.157 e. The van der Waals surface area contributed by atoms with Gasteiger partial charge in [0.2, 0.25) is 0 Å². The van der Waals surface area contributed by atoms with Crippen molar-refractivity contribution in [2.24, 2.45) is 0 Å². The molecule has 0 aromatic heterocycles. The van der Waals surface area contributed by atoms with Crippen molar-refractivity contribution in [1.29, 1.82) is 0 Å². The van der Waals surface area contributed by atoms with Gasteiger partial charge in [-0.05, 0) is 24.1 Å². The molecule has 0 amide bonds. The average Bonchev–Trinajstić information content (AvgIpc) is 1.98. The average molecular weight is 153 g/mol. The van der Waals surface area contributed by atoms with Gasteiger partial charge >= 0.3 is 0 Å². The fourth-order valence-electron chi connectivity index (χ4n) is 0.842. The zero-order chi connectivity index (χ0) is 8.27. The first-order valence-corrected chi connectivity index (χ1v) is 3.33. The minimum Gasteiger partial charge on any atom is -0.504 e. The van der Waals surface area contributed by atoms with Crippen LogP contribution in [-0.2, 0) is 11.5 Å². The van der Waals surface area contributed by atoms with E-state index in [9.17, 15) is 5.11 Å². The standard InChI is InChI=1S/C8H9O3/c9-4-3-6-1-2-7(10)8(11)5-6/h1-2,5,10-11H,3-4H2. The van der Waals surface area contributed by atoms with Crippen LogP contribution in [-0.4, -0.2) is 16.8 Å². The Morgan fingerprint density at radius 2 is 1.91 bits per heavy atom. The van der Waals surface area contributed by atoms with Crippen molar-refractivity contribution in [3.63, 3.8) is 0 Å². The van der Waals surface area contributed by atoms with Crippen LogP contribution < -0.4 is 0 Å². The number of phenols is 2. The summed E-state index contributed by atoms with van der Waals surface area (Å²) in [5.74, 6) is -0.324. The molecule has 0 fully saturated rings. The van der Waals surface area contributed by atoms with Crippen molar-refractivity contribution in [3.8, 4) is 11.5 Å². The molecule has 0 aliphatic heterocycles. The van der Waals surface area contributed by atoms with E-state index >= 15 is 0 Å². The first kappa shape index (κ1) is 7.88. The number of phenolic OH excluding ortho intramolecular Hbond substituents is 2. The van der Waals surface area contributed by atoms with Gasteiger partial charge in [-0.25, -0.2) is 5.11 Å². The van der Waals surface area contributed by atoms with Gasteiger partial charge in [-0.15, -0.1) is 0 Å². The van der Waals surface area contributed by atoms with Gasteiger partial charge in [0.1, 0.15) is 0 Å². The van der Waals surface area contributed by atoms with Crippen molar-refractivity contribution >= 4 is 0 Å². The van der Waals surface area contributed by atoms with Crippen LogP contribution in [0.1, 0.15) is 5.56 Å². The molecule has 2 N–H and O–H groups in total. The Morgan fingerprint density at radius 1 is 1.18 bits per heavy atom. The molecular weight excluding hydrogens is 144 g/mol. The Kier molecular flexibility index (Phi) is 2.33. The SMILES string of the molecule is [O]CCc1ccc(O)c(O)c1. The summed E-state index contributed by atoms with van der Waals surface area (Å²) in [5.41, 5.74) is 0.746. The summed E-state index contributed by atoms with van der Waals surface area (Å²) >= 11 is 0. The molecule has 3 heteroatoms. The maximum Gasteiger partial charge on any atom is 0.157 e. The van der Waals surface area contributed by atoms with Crippen LogP contribution in [0.15, 0.2) is 18.2 Å². The molecule has 59 valence electrons. The Hall–Kier alpha value is -1.22. The highest BCUT2D eigenvalue weighted by Gasteiger charge is 1.99. The molecule has 11 heavy (non-hydrogen) atoms. The van der Waals surface area contributed by atoms with Crippen molar-refractivity contribution in [3.05, 3.63) is 23.8 Å². The summed E-state index contributed by atoms with van der Waals surface area (Å²) in [6, 6.07) is 4.39. The summed E-state index contributed by atoms with van der Waals surface area (Å²) < 4.78 is 0. The minimum absolute atomic E-state index is 0.153. The Balaban J connectivity index is 2.86. The monoisotopic (exact) mass is 153 g/mol. The van der Waals surface area contributed by atoms with Crippen LogP contribution in [0.5, 0.6) is 11.5 Å². The van der Waals surface area contributed by atoms with E-state index in [1.807, 2.05) is 0 Å². The molecule has 0 spiro atoms. The van der Waals surface area contributed by atoms with E-state index in [1.54, 1.807) is 6.07 Å². The zero-order valence-electron chi connectivity index (χ0n) is 5.95. The van der Waals surface area contributed by atoms with Gasteiger partial charge in [0.05, 0.1) is 6.61 Å². The number of hydrogen-bond acceptors (Lipinski definition) is 2. The molecule has 1 rings (SSSR count). The lowest BCUT2D eigenvalue weighted by Gasteiger charge is -1.99. The topological polar surface area (TPSA) is 60.4 Å². The van der Waals surface area contributed by atoms with E-state index in [-0.39, 0.29) is 18.1 Å². The number of benzene rings is 1. The minimum atomic E-state index is -0.204. The zero-order valence-corrected chi connectivity index (χ0v) is 5.95. The van der Waals surface area contributed by atoms with E-state index in [0.29, 0.717) is 6.42 Å². The summed E-state index contributed by atoms with van der Waals surface area (Å²) in [6.45, 7) is -0.204.